The van der Waals surface area contributed by atoms with E-state index in [1.807, 2.05) is 51.7 Å². The molecule has 0 aromatic rings. The summed E-state index contributed by atoms with van der Waals surface area (Å²) in [6.07, 6.45) is -7.39. The van der Waals surface area contributed by atoms with E-state index >= 15 is 0 Å². The monoisotopic (exact) mass is 763 g/mol. The summed E-state index contributed by atoms with van der Waals surface area (Å²) in [6.45, 7) is 19.7. The van der Waals surface area contributed by atoms with Gasteiger partial charge in [-0.15, -0.1) is 0 Å². The molecule has 14 nitrogen and oxygen atoms in total. The predicted molar refractivity (Wildman–Crippen MR) is 199 cm³/mol. The highest BCUT2D eigenvalue weighted by Gasteiger charge is 2.56. The Morgan fingerprint density at radius 2 is 1.55 bits per heavy atom. The normalized spacial score (nSPS) is 50.3. The number of ether oxygens (including phenoxy) is 6. The zero-order valence-corrected chi connectivity index (χ0v) is 35.1. The third kappa shape index (κ3) is 9.93. The van der Waals surface area contributed by atoms with Crippen LogP contribution in [0.3, 0.4) is 0 Å². The summed E-state index contributed by atoms with van der Waals surface area (Å²) in [6, 6.07) is -0.814. The SMILES string of the molecule is CCC1OC(=O)C(C)C(OC2CC(C)(OC)[C@](C)(O)C(C)O2)C(C)C(OC2OC(C)CC(N(C)C)C2O)C(C)(O)C[C@@H](C)CN(C)[C@H](C)C(O)[C@]1(C)O. The van der Waals surface area contributed by atoms with Crippen molar-refractivity contribution >= 4 is 5.97 Å². The molecule has 312 valence electrons. The van der Waals surface area contributed by atoms with E-state index < -0.39 is 95.5 Å². The fraction of sp³-hybridized carbons (Fsp3) is 0.974. The fourth-order valence-corrected chi connectivity index (χ4v) is 8.88. The van der Waals surface area contributed by atoms with Crippen LogP contribution in [0.5, 0.6) is 0 Å². The minimum absolute atomic E-state index is 0.111. The summed E-state index contributed by atoms with van der Waals surface area (Å²) in [5, 5.41) is 58.7. The van der Waals surface area contributed by atoms with Gasteiger partial charge in [0.15, 0.2) is 12.6 Å². The van der Waals surface area contributed by atoms with Gasteiger partial charge in [0.05, 0.1) is 35.9 Å². The molecule has 0 bridgehead atoms. The molecule has 0 amide bonds. The summed E-state index contributed by atoms with van der Waals surface area (Å²) in [5.41, 5.74) is -5.82. The molecule has 0 aromatic carbocycles. The van der Waals surface area contributed by atoms with Crippen LogP contribution in [0, 0.1) is 17.8 Å². The van der Waals surface area contributed by atoms with E-state index in [9.17, 15) is 30.3 Å². The quantitative estimate of drug-likeness (QED) is 0.239. The maximum atomic E-state index is 14.2. The van der Waals surface area contributed by atoms with E-state index in [0.717, 1.165) is 0 Å². The summed E-state index contributed by atoms with van der Waals surface area (Å²) in [4.78, 5) is 18.1. The number of carbonyl (C=O) groups excluding carboxylic acids is 1. The van der Waals surface area contributed by atoms with Gasteiger partial charge in [0.2, 0.25) is 0 Å². The van der Waals surface area contributed by atoms with Gasteiger partial charge in [-0.1, -0.05) is 20.8 Å². The molecule has 3 aliphatic rings. The molecule has 0 spiro atoms. The molecular formula is C39H74N2O12. The molecule has 5 N–H and O–H groups in total. The first-order valence-electron chi connectivity index (χ1n) is 19.5. The van der Waals surface area contributed by atoms with Gasteiger partial charge < -0.3 is 63.8 Å². The largest absolute Gasteiger partial charge is 0.459 e. The lowest BCUT2D eigenvalue weighted by Gasteiger charge is -2.52. The highest BCUT2D eigenvalue weighted by molar-refractivity contribution is 5.73. The van der Waals surface area contributed by atoms with Crippen molar-refractivity contribution in [2.24, 2.45) is 17.8 Å². The molecule has 53 heavy (non-hydrogen) atoms. The molecule has 18 atom stereocenters. The number of aliphatic hydroxyl groups excluding tert-OH is 2. The maximum absolute atomic E-state index is 14.2. The smallest absolute Gasteiger partial charge is 0.311 e. The molecule has 14 unspecified atom stereocenters. The van der Waals surface area contributed by atoms with Crippen molar-refractivity contribution in [2.75, 3.05) is 34.8 Å². The Hall–Kier alpha value is -1.01. The van der Waals surface area contributed by atoms with Gasteiger partial charge >= 0.3 is 5.97 Å². The third-order valence-corrected chi connectivity index (χ3v) is 13.0. The van der Waals surface area contributed by atoms with Crippen LogP contribution in [0.2, 0.25) is 0 Å². The van der Waals surface area contributed by atoms with Gasteiger partial charge in [-0.25, -0.2) is 0 Å². The molecule has 0 aliphatic carbocycles. The second kappa shape index (κ2) is 17.6. The standard InChI is InChI=1S/C39H74N2O12/c1-16-28-38(10,46)32(43)25(6)41(14)20-21(2)18-36(8,45)33(53-35-30(42)27(40(12)13)17-22(3)49-35)23(4)31(24(5)34(44)51-28)52-29-19-37(9,48-15)39(11,47)26(7)50-29/h21-33,35,42-43,45-47H,16-20H2,1-15H3/t21-,22?,23?,24?,25-,26?,27?,28?,29?,30?,31?,32?,33?,35?,36?,37?,38-,39-/m1/s1. The Balaban J connectivity index is 2.19. The summed E-state index contributed by atoms with van der Waals surface area (Å²) in [7, 11) is 7.13. The zero-order chi connectivity index (χ0) is 40.6. The molecule has 3 heterocycles. The molecule has 14 heteroatoms. The van der Waals surface area contributed by atoms with Crippen LogP contribution in [0.15, 0.2) is 0 Å². The number of esters is 1. The Kier molecular flexibility index (Phi) is 15.4. The average molecular weight is 763 g/mol. The Morgan fingerprint density at radius 3 is 2.09 bits per heavy atom. The van der Waals surface area contributed by atoms with Crippen LogP contribution in [-0.2, 0) is 33.2 Å². The molecule has 0 radical (unpaired) electrons. The maximum Gasteiger partial charge on any atom is 0.311 e. The van der Waals surface area contributed by atoms with Gasteiger partial charge in [-0.05, 0) is 102 Å². The number of cyclic esters (lactones) is 1. The first kappa shape index (κ1) is 46.4. The van der Waals surface area contributed by atoms with E-state index in [1.54, 1.807) is 48.5 Å². The molecule has 0 aromatic heterocycles. The van der Waals surface area contributed by atoms with Crippen molar-refractivity contribution in [1.29, 1.82) is 0 Å². The van der Waals surface area contributed by atoms with Gasteiger partial charge in [0.25, 0.3) is 0 Å². The number of carbonyl (C=O) groups is 1. The van der Waals surface area contributed by atoms with Crippen molar-refractivity contribution in [1.82, 2.24) is 9.80 Å². The number of hydrogen-bond donors (Lipinski definition) is 5. The minimum atomic E-state index is -1.80. The van der Waals surface area contributed by atoms with E-state index in [-0.39, 0.29) is 37.3 Å². The lowest BCUT2D eigenvalue weighted by molar-refractivity contribution is -0.334. The van der Waals surface area contributed by atoms with E-state index in [0.29, 0.717) is 13.0 Å². The number of hydrogen-bond acceptors (Lipinski definition) is 14. The van der Waals surface area contributed by atoms with Crippen molar-refractivity contribution in [3.05, 3.63) is 0 Å². The highest BCUT2D eigenvalue weighted by atomic mass is 16.7. The summed E-state index contributed by atoms with van der Waals surface area (Å²) in [5.74, 6) is -2.61. The Morgan fingerprint density at radius 1 is 0.943 bits per heavy atom. The third-order valence-electron chi connectivity index (χ3n) is 13.0. The lowest BCUT2D eigenvalue weighted by Crippen LogP contribution is -2.65. The zero-order valence-electron chi connectivity index (χ0n) is 35.1. The number of rotatable bonds is 7. The van der Waals surface area contributed by atoms with Crippen LogP contribution in [-0.4, -0.2) is 166 Å². The number of methoxy groups -OCH3 is 1. The van der Waals surface area contributed by atoms with Crippen LogP contribution in [0.4, 0.5) is 0 Å². The van der Waals surface area contributed by atoms with Gasteiger partial charge in [0, 0.05) is 38.1 Å². The first-order chi connectivity index (χ1) is 24.2. The Bertz CT molecular complexity index is 1190. The van der Waals surface area contributed by atoms with E-state index in [4.69, 9.17) is 28.4 Å². The molecular weight excluding hydrogens is 688 g/mol. The molecule has 3 aliphatic heterocycles. The van der Waals surface area contributed by atoms with Crippen molar-refractivity contribution in [2.45, 2.75) is 192 Å². The van der Waals surface area contributed by atoms with Crippen LogP contribution in [0.25, 0.3) is 0 Å². The second-order valence-corrected chi connectivity index (χ2v) is 17.7. The minimum Gasteiger partial charge on any atom is -0.459 e. The van der Waals surface area contributed by atoms with E-state index in [2.05, 4.69) is 0 Å². The van der Waals surface area contributed by atoms with Crippen LogP contribution in [0.1, 0.15) is 102 Å². The van der Waals surface area contributed by atoms with Crippen molar-refractivity contribution in [3.63, 3.8) is 0 Å². The predicted octanol–water partition coefficient (Wildman–Crippen LogP) is 2.29. The fourth-order valence-electron chi connectivity index (χ4n) is 8.88. The number of nitrogens with zero attached hydrogens (tertiary/aromatic N) is 2. The number of likely N-dealkylation sites (N-methyl/N-ethyl adjacent to an activating group) is 2. The summed E-state index contributed by atoms with van der Waals surface area (Å²) >= 11 is 0. The second-order valence-electron chi connectivity index (χ2n) is 17.7. The highest BCUT2D eigenvalue weighted by Crippen LogP contribution is 2.43. The van der Waals surface area contributed by atoms with Crippen molar-refractivity contribution < 1.29 is 58.7 Å². The van der Waals surface area contributed by atoms with Crippen LogP contribution >= 0.6 is 0 Å². The molecule has 3 saturated heterocycles. The van der Waals surface area contributed by atoms with Gasteiger partial charge in [0.1, 0.15) is 35.1 Å². The summed E-state index contributed by atoms with van der Waals surface area (Å²) < 4.78 is 37.8. The van der Waals surface area contributed by atoms with Gasteiger partial charge in [-0.2, -0.15) is 0 Å². The number of aliphatic hydroxyl groups is 5. The van der Waals surface area contributed by atoms with E-state index in [1.165, 1.54) is 14.0 Å². The average Bonchev–Trinajstić information content (AvgIpc) is 3.06. The molecule has 3 rings (SSSR count). The topological polar surface area (TPSA) is 180 Å². The molecule has 0 saturated carbocycles. The first-order valence-corrected chi connectivity index (χ1v) is 19.5. The van der Waals surface area contributed by atoms with Crippen molar-refractivity contribution in [3.8, 4) is 0 Å². The van der Waals surface area contributed by atoms with Crippen LogP contribution < -0.4 is 0 Å². The van der Waals surface area contributed by atoms with Gasteiger partial charge in [-0.3, -0.25) is 4.79 Å². The Labute approximate surface area is 318 Å². The lowest BCUT2D eigenvalue weighted by atomic mass is 9.76. The molecule has 3 fully saturated rings.